The van der Waals surface area contributed by atoms with Crippen LogP contribution in [0, 0.1) is 0 Å². The third kappa shape index (κ3) is 3.82. The predicted octanol–water partition coefficient (Wildman–Crippen LogP) is 1.58. The van der Waals surface area contributed by atoms with Gasteiger partial charge in [-0.3, -0.25) is 19.7 Å². The summed E-state index contributed by atoms with van der Waals surface area (Å²) >= 11 is 0. The van der Waals surface area contributed by atoms with Crippen LogP contribution in [0.25, 0.3) is 11.7 Å². The zero-order valence-corrected chi connectivity index (χ0v) is 16.4. The maximum Gasteiger partial charge on any atom is 0.254 e. The Balaban J connectivity index is 1.53. The summed E-state index contributed by atoms with van der Waals surface area (Å²) in [6.07, 6.45) is 5.47. The molecular weight excluding hydrogens is 398 g/mol. The molecule has 1 aromatic carbocycles. The lowest BCUT2D eigenvalue weighted by molar-refractivity contribution is -0.124. The molecule has 3 heterocycles. The van der Waals surface area contributed by atoms with E-state index < -0.39 is 11.8 Å². The molecule has 2 aliphatic rings. The van der Waals surface area contributed by atoms with Gasteiger partial charge in [0.15, 0.2) is 5.65 Å². The fourth-order valence-corrected chi connectivity index (χ4v) is 3.36. The molecule has 2 fully saturated rings. The fraction of sp³-hybridized carbons (Fsp3) is 0.190. The first-order chi connectivity index (χ1) is 15.0. The number of imide groups is 1. The first-order valence-corrected chi connectivity index (χ1v) is 9.83. The van der Waals surface area contributed by atoms with E-state index in [9.17, 15) is 14.4 Å². The van der Waals surface area contributed by atoms with E-state index in [1.54, 1.807) is 41.1 Å². The molecule has 1 aliphatic heterocycles. The molecule has 3 amide bonds. The van der Waals surface area contributed by atoms with Crippen molar-refractivity contribution in [3.8, 4) is 0 Å². The number of anilines is 3. The molecule has 1 aliphatic carbocycles. The number of nitrogens with two attached hydrogens (primary N) is 1. The molecule has 156 valence electrons. The van der Waals surface area contributed by atoms with E-state index in [2.05, 4.69) is 26.0 Å². The lowest BCUT2D eigenvalue weighted by Gasteiger charge is -2.12. The Kier molecular flexibility index (Phi) is 4.39. The Bertz CT molecular complexity index is 1260. The van der Waals surface area contributed by atoms with Crippen molar-refractivity contribution in [3.05, 3.63) is 53.2 Å². The van der Waals surface area contributed by atoms with Gasteiger partial charge in [-0.1, -0.05) is 0 Å². The molecule has 0 unspecified atom stereocenters. The van der Waals surface area contributed by atoms with Crippen LogP contribution in [-0.2, 0) is 9.59 Å². The van der Waals surface area contributed by atoms with Crippen LogP contribution in [0.2, 0.25) is 0 Å². The maximum absolute atomic E-state index is 11.9. The van der Waals surface area contributed by atoms with Crippen LogP contribution >= 0.6 is 0 Å². The van der Waals surface area contributed by atoms with Gasteiger partial charge in [0.05, 0.1) is 12.6 Å². The van der Waals surface area contributed by atoms with Crippen LogP contribution < -0.4 is 21.7 Å². The number of amides is 3. The second kappa shape index (κ2) is 7.24. The number of aromatic nitrogens is 3. The largest absolute Gasteiger partial charge is 0.367 e. The van der Waals surface area contributed by atoms with Gasteiger partial charge in [-0.25, -0.2) is 4.98 Å². The number of hydrogen-bond donors (Lipinski definition) is 4. The van der Waals surface area contributed by atoms with E-state index in [1.807, 2.05) is 6.07 Å². The summed E-state index contributed by atoms with van der Waals surface area (Å²) in [7, 11) is 0. The number of carbonyl (C=O) groups excluding carboxylic acids is 3. The number of fused-ring (bicyclic) bond motifs is 1. The molecule has 3 aromatic rings. The molecule has 31 heavy (non-hydrogen) atoms. The number of nitrogens with zero attached hydrogens (tertiary/aromatic N) is 3. The summed E-state index contributed by atoms with van der Waals surface area (Å²) in [6, 6.07) is 9.00. The average Bonchev–Trinajstić information content (AvgIpc) is 3.37. The van der Waals surface area contributed by atoms with Crippen LogP contribution in [0.5, 0.6) is 0 Å². The van der Waals surface area contributed by atoms with Crippen molar-refractivity contribution >= 4 is 46.8 Å². The highest BCUT2D eigenvalue weighted by Gasteiger charge is 2.25. The van der Waals surface area contributed by atoms with Crippen molar-refractivity contribution < 1.29 is 14.4 Å². The summed E-state index contributed by atoms with van der Waals surface area (Å²) in [5, 5.41) is 13.4. The molecule has 10 nitrogen and oxygen atoms in total. The molecule has 5 N–H and O–H groups in total. The van der Waals surface area contributed by atoms with Crippen molar-refractivity contribution in [3.63, 3.8) is 0 Å². The van der Waals surface area contributed by atoms with Crippen LogP contribution in [0.3, 0.4) is 0 Å². The summed E-state index contributed by atoms with van der Waals surface area (Å²) in [4.78, 5) is 39.4. The molecule has 1 saturated carbocycles. The van der Waals surface area contributed by atoms with E-state index >= 15 is 0 Å². The third-order valence-corrected chi connectivity index (χ3v) is 5.10. The quantitative estimate of drug-likeness (QED) is 0.352. The minimum Gasteiger partial charge on any atom is -0.367 e. The van der Waals surface area contributed by atoms with Gasteiger partial charge in [-0.15, -0.1) is 0 Å². The molecular formula is C21H19N7O3. The first kappa shape index (κ1) is 18.8. The van der Waals surface area contributed by atoms with Gasteiger partial charge in [0, 0.05) is 34.5 Å². The van der Waals surface area contributed by atoms with Gasteiger partial charge in [0.2, 0.25) is 11.8 Å². The van der Waals surface area contributed by atoms with Gasteiger partial charge in [0.25, 0.3) is 5.91 Å². The third-order valence-electron chi connectivity index (χ3n) is 5.10. The predicted molar refractivity (Wildman–Crippen MR) is 114 cm³/mol. The van der Waals surface area contributed by atoms with Crippen LogP contribution in [0.4, 0.5) is 17.3 Å². The van der Waals surface area contributed by atoms with Crippen molar-refractivity contribution in [2.45, 2.75) is 25.3 Å². The number of carbonyl (C=O) groups is 3. The molecule has 0 radical (unpaired) electrons. The minimum absolute atomic E-state index is 0.0352. The number of nitrogens with one attached hydrogen (secondary N) is 3. The van der Waals surface area contributed by atoms with Gasteiger partial charge in [-0.05, 0) is 43.2 Å². The monoisotopic (exact) mass is 417 g/mol. The van der Waals surface area contributed by atoms with Gasteiger partial charge < -0.3 is 16.4 Å². The zero-order chi connectivity index (χ0) is 21.5. The van der Waals surface area contributed by atoms with Gasteiger partial charge in [0.1, 0.15) is 11.6 Å². The number of rotatable bonds is 6. The van der Waals surface area contributed by atoms with E-state index in [0.29, 0.717) is 34.2 Å². The first-order valence-electron chi connectivity index (χ1n) is 9.83. The van der Waals surface area contributed by atoms with Gasteiger partial charge >= 0.3 is 0 Å². The number of benzene rings is 1. The standard InChI is InChI=1S/C21H19N7O3/c22-19(30)11-1-3-14(4-2-11)24-16-9-17(25-15-5-6-15)28-20(26-16)13(10-23-28)7-12-8-18(29)27-21(12)31/h1-4,7,9-10,15,25H,5-6,8H2,(H2,22,30)(H,24,26)(H,27,29,31)/b12-7+. The second-order valence-electron chi connectivity index (χ2n) is 7.57. The highest BCUT2D eigenvalue weighted by atomic mass is 16.2. The fourth-order valence-electron chi connectivity index (χ4n) is 3.36. The molecule has 0 atom stereocenters. The lowest BCUT2D eigenvalue weighted by Crippen LogP contribution is -2.19. The highest BCUT2D eigenvalue weighted by Crippen LogP contribution is 2.29. The smallest absolute Gasteiger partial charge is 0.254 e. The van der Waals surface area contributed by atoms with E-state index in [0.717, 1.165) is 24.3 Å². The Labute approximate surface area is 176 Å². The van der Waals surface area contributed by atoms with E-state index in [4.69, 9.17) is 5.73 Å². The summed E-state index contributed by atoms with van der Waals surface area (Å²) in [6.45, 7) is 0. The number of primary amides is 1. The Morgan fingerprint density at radius 3 is 2.65 bits per heavy atom. The van der Waals surface area contributed by atoms with Crippen molar-refractivity contribution in [1.29, 1.82) is 0 Å². The minimum atomic E-state index is -0.492. The Morgan fingerprint density at radius 2 is 2.00 bits per heavy atom. The SMILES string of the molecule is NC(=O)c1ccc(Nc2cc(NC3CC3)n3ncc(/C=C4\CC(=O)NC4=O)c3n2)cc1. The van der Waals surface area contributed by atoms with Crippen molar-refractivity contribution in [1.82, 2.24) is 19.9 Å². The second-order valence-corrected chi connectivity index (χ2v) is 7.57. The maximum atomic E-state index is 11.9. The molecule has 10 heteroatoms. The molecule has 2 aromatic heterocycles. The van der Waals surface area contributed by atoms with E-state index in [-0.39, 0.29) is 12.3 Å². The van der Waals surface area contributed by atoms with Crippen LogP contribution in [0.1, 0.15) is 35.2 Å². The van der Waals surface area contributed by atoms with Gasteiger partial charge in [-0.2, -0.15) is 9.61 Å². The van der Waals surface area contributed by atoms with Crippen LogP contribution in [0.15, 0.2) is 42.1 Å². The molecule has 0 spiro atoms. The van der Waals surface area contributed by atoms with Crippen molar-refractivity contribution in [2.24, 2.45) is 5.73 Å². The van der Waals surface area contributed by atoms with E-state index in [1.165, 1.54) is 0 Å². The number of hydrogen-bond acceptors (Lipinski definition) is 7. The zero-order valence-electron chi connectivity index (χ0n) is 16.4. The lowest BCUT2D eigenvalue weighted by atomic mass is 10.1. The Morgan fingerprint density at radius 1 is 1.23 bits per heavy atom. The summed E-state index contributed by atoms with van der Waals surface area (Å²) in [5.41, 5.74) is 8.00. The molecule has 0 bridgehead atoms. The summed E-state index contributed by atoms with van der Waals surface area (Å²) in [5.74, 6) is 0.117. The molecule has 5 rings (SSSR count). The summed E-state index contributed by atoms with van der Waals surface area (Å²) < 4.78 is 1.68. The average molecular weight is 417 g/mol. The Hall–Kier alpha value is -4.21. The van der Waals surface area contributed by atoms with Crippen LogP contribution in [-0.4, -0.2) is 38.4 Å². The van der Waals surface area contributed by atoms with Crippen molar-refractivity contribution in [2.75, 3.05) is 10.6 Å². The highest BCUT2D eigenvalue weighted by molar-refractivity contribution is 6.15. The topological polar surface area (TPSA) is 144 Å². The normalized spacial score (nSPS) is 17.2. The molecule has 1 saturated heterocycles.